The summed E-state index contributed by atoms with van der Waals surface area (Å²) in [6.07, 6.45) is -4.72. The number of halogens is 3. The Hall–Kier alpha value is -2.85. The van der Waals surface area contributed by atoms with Gasteiger partial charge in [0.25, 0.3) is 0 Å². The third-order valence-corrected chi connectivity index (χ3v) is 4.67. The lowest BCUT2D eigenvalue weighted by Crippen LogP contribution is -2.13. The number of primary sulfonamides is 1. The smallest absolute Gasteiger partial charge is 0.399 e. The molecule has 0 aliphatic heterocycles. The first-order valence-electron chi connectivity index (χ1n) is 7.22. The minimum atomic E-state index is -4.72. The molecule has 2 aromatic carbocycles. The van der Waals surface area contributed by atoms with E-state index < -0.39 is 21.9 Å². The molecule has 0 spiro atoms. The first-order chi connectivity index (χ1) is 12.1. The quantitative estimate of drug-likeness (QED) is 0.604. The first-order valence-corrected chi connectivity index (χ1v) is 8.77. The van der Waals surface area contributed by atoms with Gasteiger partial charge in [-0.05, 0) is 23.8 Å². The van der Waals surface area contributed by atoms with E-state index in [9.17, 15) is 21.6 Å². The Kier molecular flexibility index (Phi) is 4.24. The van der Waals surface area contributed by atoms with Crippen molar-refractivity contribution in [1.82, 2.24) is 10.2 Å². The standard InChI is InChI=1S/C16H13F3N4O2S/c17-16(18,19)15-13(9-5-7-10(20)8-6-9)14(22-23-15)11-3-1-2-4-12(11)26(21,24)25/h1-8H,20H2,(H,22,23)(H2,21,24,25). The number of nitrogens with one attached hydrogen (secondary N) is 1. The maximum absolute atomic E-state index is 13.4. The van der Waals surface area contributed by atoms with Crippen molar-refractivity contribution in [3.8, 4) is 22.4 Å². The van der Waals surface area contributed by atoms with Crippen molar-refractivity contribution in [3.63, 3.8) is 0 Å². The largest absolute Gasteiger partial charge is 0.433 e. The van der Waals surface area contributed by atoms with Crippen LogP contribution in [-0.2, 0) is 16.2 Å². The van der Waals surface area contributed by atoms with Gasteiger partial charge in [0.15, 0.2) is 0 Å². The van der Waals surface area contributed by atoms with Crippen LogP contribution in [0.15, 0.2) is 53.4 Å². The number of aromatic amines is 1. The molecule has 0 saturated carbocycles. The molecular weight excluding hydrogens is 369 g/mol. The molecule has 3 aromatic rings. The second-order valence-electron chi connectivity index (χ2n) is 5.48. The molecule has 0 radical (unpaired) electrons. The van der Waals surface area contributed by atoms with Crippen molar-refractivity contribution in [3.05, 3.63) is 54.2 Å². The normalized spacial score (nSPS) is 12.3. The highest BCUT2D eigenvalue weighted by atomic mass is 32.2. The predicted molar refractivity (Wildman–Crippen MR) is 90.2 cm³/mol. The molecule has 0 aliphatic rings. The van der Waals surface area contributed by atoms with Crippen molar-refractivity contribution in [2.24, 2.45) is 5.14 Å². The van der Waals surface area contributed by atoms with Crippen LogP contribution in [0.3, 0.4) is 0 Å². The van der Waals surface area contributed by atoms with Gasteiger partial charge in [-0.3, -0.25) is 5.10 Å². The van der Waals surface area contributed by atoms with Crippen molar-refractivity contribution in [2.75, 3.05) is 5.73 Å². The van der Waals surface area contributed by atoms with E-state index in [-0.39, 0.29) is 27.3 Å². The SMILES string of the molecule is Nc1ccc(-c2c(-c3ccccc3S(N)(=O)=O)n[nH]c2C(F)(F)F)cc1. The summed E-state index contributed by atoms with van der Waals surface area (Å²) in [5.41, 5.74) is 4.56. The van der Waals surface area contributed by atoms with Crippen LogP contribution in [-0.4, -0.2) is 18.6 Å². The van der Waals surface area contributed by atoms with E-state index in [0.29, 0.717) is 5.69 Å². The molecule has 6 nitrogen and oxygen atoms in total. The summed E-state index contributed by atoms with van der Waals surface area (Å²) in [7, 11) is -4.17. The van der Waals surface area contributed by atoms with Crippen LogP contribution in [0.1, 0.15) is 5.69 Å². The highest BCUT2D eigenvalue weighted by Gasteiger charge is 2.38. The zero-order valence-corrected chi connectivity index (χ0v) is 13.9. The zero-order valence-electron chi connectivity index (χ0n) is 13.1. The monoisotopic (exact) mass is 382 g/mol. The fourth-order valence-corrected chi connectivity index (χ4v) is 3.32. The van der Waals surface area contributed by atoms with Crippen LogP contribution in [0.2, 0.25) is 0 Å². The van der Waals surface area contributed by atoms with Gasteiger partial charge in [-0.15, -0.1) is 0 Å². The Morgan fingerprint density at radius 1 is 1.00 bits per heavy atom. The second-order valence-corrected chi connectivity index (χ2v) is 7.01. The molecule has 0 saturated heterocycles. The minimum Gasteiger partial charge on any atom is -0.399 e. The number of hydrogen-bond donors (Lipinski definition) is 3. The van der Waals surface area contributed by atoms with Gasteiger partial charge in [-0.1, -0.05) is 30.3 Å². The van der Waals surface area contributed by atoms with E-state index >= 15 is 0 Å². The molecule has 0 unspecified atom stereocenters. The number of rotatable bonds is 3. The third-order valence-electron chi connectivity index (χ3n) is 3.70. The number of nitrogens with zero attached hydrogens (tertiary/aromatic N) is 1. The lowest BCUT2D eigenvalue weighted by atomic mass is 9.98. The maximum Gasteiger partial charge on any atom is 0.433 e. The number of nitrogens with two attached hydrogens (primary N) is 2. The van der Waals surface area contributed by atoms with Gasteiger partial charge in [0.05, 0.1) is 4.90 Å². The average molecular weight is 382 g/mol. The molecule has 0 fully saturated rings. The molecular formula is C16H13F3N4O2S. The highest BCUT2D eigenvalue weighted by Crippen LogP contribution is 2.42. The van der Waals surface area contributed by atoms with Gasteiger partial charge in [-0.2, -0.15) is 18.3 Å². The summed E-state index contributed by atoms with van der Waals surface area (Å²) >= 11 is 0. The van der Waals surface area contributed by atoms with Crippen LogP contribution in [0.4, 0.5) is 18.9 Å². The number of hydrogen-bond acceptors (Lipinski definition) is 4. The summed E-state index contributed by atoms with van der Waals surface area (Å²) in [4.78, 5) is -0.322. The van der Waals surface area contributed by atoms with Gasteiger partial charge in [0.1, 0.15) is 11.4 Å². The van der Waals surface area contributed by atoms with E-state index in [1.165, 1.54) is 48.5 Å². The van der Waals surface area contributed by atoms with E-state index in [2.05, 4.69) is 5.10 Å². The van der Waals surface area contributed by atoms with E-state index in [0.717, 1.165) is 0 Å². The van der Waals surface area contributed by atoms with Crippen molar-refractivity contribution in [1.29, 1.82) is 0 Å². The molecule has 1 aromatic heterocycles. The van der Waals surface area contributed by atoms with Gasteiger partial charge < -0.3 is 5.73 Å². The number of aromatic nitrogens is 2. The number of H-pyrrole nitrogens is 1. The molecule has 26 heavy (non-hydrogen) atoms. The predicted octanol–water partition coefficient (Wildman–Crippen LogP) is 2.99. The summed E-state index contributed by atoms with van der Waals surface area (Å²) < 4.78 is 64.0. The van der Waals surface area contributed by atoms with Crippen molar-refractivity contribution in [2.45, 2.75) is 11.1 Å². The molecule has 1 heterocycles. The Bertz CT molecular complexity index is 1060. The molecule has 3 rings (SSSR count). The Morgan fingerprint density at radius 3 is 2.19 bits per heavy atom. The summed E-state index contributed by atoms with van der Waals surface area (Å²) in [6, 6.07) is 11.1. The Balaban J connectivity index is 2.35. The van der Waals surface area contributed by atoms with E-state index in [1.807, 2.05) is 5.10 Å². The van der Waals surface area contributed by atoms with E-state index in [1.54, 1.807) is 0 Å². The number of anilines is 1. The van der Waals surface area contributed by atoms with Crippen LogP contribution in [0.25, 0.3) is 22.4 Å². The first kappa shape index (κ1) is 18.0. The molecule has 0 amide bonds. The fraction of sp³-hybridized carbons (Fsp3) is 0.0625. The van der Waals surface area contributed by atoms with Gasteiger partial charge >= 0.3 is 6.18 Å². The second kappa shape index (κ2) is 6.15. The number of alkyl halides is 3. The molecule has 0 aliphatic carbocycles. The lowest BCUT2D eigenvalue weighted by molar-refractivity contribution is -0.140. The molecule has 10 heteroatoms. The van der Waals surface area contributed by atoms with Gasteiger partial charge in [0, 0.05) is 16.8 Å². The van der Waals surface area contributed by atoms with Gasteiger partial charge in [0.2, 0.25) is 10.0 Å². The lowest BCUT2D eigenvalue weighted by Gasteiger charge is -2.11. The summed E-state index contributed by atoms with van der Waals surface area (Å²) in [6.45, 7) is 0. The van der Waals surface area contributed by atoms with Crippen LogP contribution < -0.4 is 10.9 Å². The summed E-state index contributed by atoms with van der Waals surface area (Å²) in [5.74, 6) is 0. The number of nitrogen functional groups attached to an aromatic ring is 1. The van der Waals surface area contributed by atoms with Crippen molar-refractivity contribution >= 4 is 15.7 Å². The van der Waals surface area contributed by atoms with Crippen LogP contribution in [0.5, 0.6) is 0 Å². The molecule has 5 N–H and O–H groups in total. The number of benzene rings is 2. The minimum absolute atomic E-state index is 0.0337. The molecule has 136 valence electrons. The van der Waals surface area contributed by atoms with Crippen LogP contribution in [0, 0.1) is 0 Å². The zero-order chi connectivity index (χ0) is 19.1. The van der Waals surface area contributed by atoms with Crippen LogP contribution >= 0.6 is 0 Å². The average Bonchev–Trinajstić information content (AvgIpc) is 3.00. The Morgan fingerprint density at radius 2 is 1.62 bits per heavy atom. The fourth-order valence-electron chi connectivity index (χ4n) is 2.58. The molecule has 0 atom stereocenters. The molecule has 0 bridgehead atoms. The topological polar surface area (TPSA) is 115 Å². The Labute approximate surface area is 146 Å². The highest BCUT2D eigenvalue weighted by molar-refractivity contribution is 7.89. The third kappa shape index (κ3) is 3.28. The van der Waals surface area contributed by atoms with E-state index in [4.69, 9.17) is 10.9 Å². The van der Waals surface area contributed by atoms with Crippen molar-refractivity contribution < 1.29 is 21.6 Å². The number of sulfonamides is 1. The van der Waals surface area contributed by atoms with Gasteiger partial charge in [-0.25, -0.2) is 13.6 Å². The maximum atomic E-state index is 13.4. The summed E-state index contributed by atoms with van der Waals surface area (Å²) in [5, 5.41) is 10.9.